The average molecular weight is 342 g/mol. The smallest absolute Gasteiger partial charge is 0.323 e. The average Bonchev–Trinajstić information content (AvgIpc) is 2.22. The van der Waals surface area contributed by atoms with Crippen molar-refractivity contribution >= 4 is 41.6 Å². The number of nitrogens with two attached hydrogens (primary N) is 1. The van der Waals surface area contributed by atoms with Gasteiger partial charge < -0.3 is 10.5 Å². The Kier molecular flexibility index (Phi) is 7.81. The second kappa shape index (κ2) is 8.03. The molecule has 114 valence electrons. The zero-order valence-corrected chi connectivity index (χ0v) is 14.0. The fraction of sp³-hybridized carbons (Fsp3) is 0.538. The summed E-state index contributed by atoms with van der Waals surface area (Å²) in [4.78, 5) is 15.5. The van der Waals surface area contributed by atoms with Gasteiger partial charge in [0, 0.05) is 0 Å². The number of pyridine rings is 1. The SMILES string of the molecule is CC(C)(C)C[C@H](N)C(=O)OCc1cc(Cl)nc(Cl)c1.Cl. The number of esters is 1. The van der Waals surface area contributed by atoms with Crippen molar-refractivity contribution in [2.75, 3.05) is 0 Å². The molecule has 20 heavy (non-hydrogen) atoms. The Labute approximate surface area is 135 Å². The third-order valence-corrected chi connectivity index (χ3v) is 2.73. The van der Waals surface area contributed by atoms with Crippen molar-refractivity contribution < 1.29 is 9.53 Å². The van der Waals surface area contributed by atoms with Gasteiger partial charge >= 0.3 is 5.97 Å². The molecule has 0 spiro atoms. The summed E-state index contributed by atoms with van der Waals surface area (Å²) in [5.74, 6) is -0.431. The molecule has 0 aliphatic carbocycles. The van der Waals surface area contributed by atoms with E-state index in [2.05, 4.69) is 4.98 Å². The lowest BCUT2D eigenvalue weighted by Crippen LogP contribution is -2.35. The van der Waals surface area contributed by atoms with Crippen LogP contribution in [0.1, 0.15) is 32.8 Å². The van der Waals surface area contributed by atoms with Crippen molar-refractivity contribution in [3.05, 3.63) is 28.0 Å². The molecule has 1 aromatic rings. The lowest BCUT2D eigenvalue weighted by atomic mass is 9.88. The minimum atomic E-state index is -0.632. The van der Waals surface area contributed by atoms with Crippen LogP contribution in [-0.2, 0) is 16.1 Å². The van der Waals surface area contributed by atoms with E-state index in [1.165, 1.54) is 0 Å². The monoisotopic (exact) mass is 340 g/mol. The largest absolute Gasteiger partial charge is 0.460 e. The predicted molar refractivity (Wildman–Crippen MR) is 83.3 cm³/mol. The van der Waals surface area contributed by atoms with E-state index in [0.717, 1.165) is 0 Å². The van der Waals surface area contributed by atoms with E-state index in [4.69, 9.17) is 33.7 Å². The van der Waals surface area contributed by atoms with Crippen LogP contribution >= 0.6 is 35.6 Å². The van der Waals surface area contributed by atoms with Crippen molar-refractivity contribution in [1.29, 1.82) is 0 Å². The molecule has 4 nitrogen and oxygen atoms in total. The second-order valence-electron chi connectivity index (χ2n) is 5.60. The zero-order valence-electron chi connectivity index (χ0n) is 11.7. The molecule has 0 saturated heterocycles. The van der Waals surface area contributed by atoms with E-state index in [1.807, 2.05) is 20.8 Å². The third-order valence-electron chi connectivity index (χ3n) is 2.34. The van der Waals surface area contributed by atoms with Gasteiger partial charge in [-0.05, 0) is 29.5 Å². The molecule has 1 atom stereocenters. The number of carbonyl (C=O) groups excluding carboxylic acids is 1. The number of ether oxygens (including phenoxy) is 1. The summed E-state index contributed by atoms with van der Waals surface area (Å²) in [6.07, 6.45) is 0.559. The maximum Gasteiger partial charge on any atom is 0.323 e. The highest BCUT2D eigenvalue weighted by molar-refractivity contribution is 6.32. The van der Waals surface area contributed by atoms with Crippen molar-refractivity contribution in [1.82, 2.24) is 4.98 Å². The van der Waals surface area contributed by atoms with Crippen molar-refractivity contribution in [3.8, 4) is 0 Å². The first kappa shape index (κ1) is 19.4. The first-order chi connectivity index (χ1) is 8.67. The van der Waals surface area contributed by atoms with Gasteiger partial charge in [0.05, 0.1) is 0 Å². The van der Waals surface area contributed by atoms with Crippen LogP contribution in [0.2, 0.25) is 10.3 Å². The van der Waals surface area contributed by atoms with Crippen LogP contribution in [0.5, 0.6) is 0 Å². The highest BCUT2D eigenvalue weighted by atomic mass is 35.5. The van der Waals surface area contributed by atoms with Gasteiger partial charge in [-0.15, -0.1) is 12.4 Å². The molecule has 1 aromatic heterocycles. The fourth-order valence-corrected chi connectivity index (χ4v) is 2.11. The van der Waals surface area contributed by atoms with Gasteiger partial charge in [-0.3, -0.25) is 4.79 Å². The van der Waals surface area contributed by atoms with Crippen LogP contribution in [0.25, 0.3) is 0 Å². The van der Waals surface area contributed by atoms with Crippen LogP contribution in [-0.4, -0.2) is 17.0 Å². The normalized spacial score (nSPS) is 12.5. The summed E-state index contributed by atoms with van der Waals surface area (Å²) >= 11 is 11.5. The van der Waals surface area contributed by atoms with Crippen LogP contribution in [0.4, 0.5) is 0 Å². The second-order valence-corrected chi connectivity index (χ2v) is 6.37. The van der Waals surface area contributed by atoms with E-state index < -0.39 is 12.0 Å². The molecule has 0 fully saturated rings. The molecular formula is C13H19Cl3N2O2. The third kappa shape index (κ3) is 7.29. The predicted octanol–water partition coefficient (Wildman–Crippen LogP) is 3.62. The molecule has 7 heteroatoms. The number of hydrogen-bond donors (Lipinski definition) is 1. The molecule has 0 radical (unpaired) electrons. The van der Waals surface area contributed by atoms with Crippen LogP contribution < -0.4 is 5.73 Å². The molecule has 0 amide bonds. The zero-order chi connectivity index (χ0) is 14.6. The number of halogens is 3. The Morgan fingerprint density at radius 2 is 1.85 bits per heavy atom. The van der Waals surface area contributed by atoms with Gasteiger partial charge in [0.25, 0.3) is 0 Å². The highest BCUT2D eigenvalue weighted by Crippen LogP contribution is 2.21. The molecule has 0 unspecified atom stereocenters. The van der Waals surface area contributed by atoms with E-state index in [0.29, 0.717) is 12.0 Å². The Morgan fingerprint density at radius 3 is 2.30 bits per heavy atom. The molecule has 2 N–H and O–H groups in total. The van der Waals surface area contributed by atoms with Crippen molar-refractivity contribution in [2.45, 2.75) is 39.8 Å². The van der Waals surface area contributed by atoms with E-state index >= 15 is 0 Å². The lowest BCUT2D eigenvalue weighted by molar-refractivity contribution is -0.147. The fourth-order valence-electron chi connectivity index (χ4n) is 1.60. The number of carbonyl (C=O) groups is 1. The number of aromatic nitrogens is 1. The minimum absolute atomic E-state index is 0. The van der Waals surface area contributed by atoms with Gasteiger partial charge in [-0.25, -0.2) is 4.98 Å². The summed E-state index contributed by atoms with van der Waals surface area (Å²) in [6, 6.07) is 2.55. The summed E-state index contributed by atoms with van der Waals surface area (Å²) in [6.45, 7) is 6.13. The van der Waals surface area contributed by atoms with Crippen LogP contribution in [0.15, 0.2) is 12.1 Å². The quantitative estimate of drug-likeness (QED) is 0.671. The Bertz CT molecular complexity index is 441. The summed E-state index contributed by atoms with van der Waals surface area (Å²) in [5.41, 5.74) is 6.44. The molecule has 1 rings (SSSR count). The lowest BCUT2D eigenvalue weighted by Gasteiger charge is -2.21. The maximum absolute atomic E-state index is 11.7. The summed E-state index contributed by atoms with van der Waals surface area (Å²) in [7, 11) is 0. The molecule has 1 heterocycles. The maximum atomic E-state index is 11.7. The summed E-state index contributed by atoms with van der Waals surface area (Å²) < 4.78 is 5.14. The topological polar surface area (TPSA) is 65.2 Å². The number of hydrogen-bond acceptors (Lipinski definition) is 4. The molecule has 0 aromatic carbocycles. The van der Waals surface area contributed by atoms with Crippen LogP contribution in [0.3, 0.4) is 0 Å². The van der Waals surface area contributed by atoms with Gasteiger partial charge in [-0.1, -0.05) is 44.0 Å². The number of nitrogens with zero attached hydrogens (tertiary/aromatic N) is 1. The van der Waals surface area contributed by atoms with Gasteiger partial charge in [-0.2, -0.15) is 0 Å². The van der Waals surface area contributed by atoms with E-state index in [-0.39, 0.29) is 34.7 Å². The van der Waals surface area contributed by atoms with E-state index in [1.54, 1.807) is 12.1 Å². The standard InChI is InChI=1S/C13H18Cl2N2O2.ClH/c1-13(2,3)6-9(16)12(18)19-7-8-4-10(14)17-11(15)5-8;/h4-5,9H,6-7,16H2,1-3H3;1H/t9-;/m0./s1. The van der Waals surface area contributed by atoms with Crippen molar-refractivity contribution in [3.63, 3.8) is 0 Å². The van der Waals surface area contributed by atoms with Gasteiger partial charge in [0.1, 0.15) is 23.0 Å². The number of rotatable bonds is 4. The van der Waals surface area contributed by atoms with Crippen LogP contribution in [0, 0.1) is 5.41 Å². The van der Waals surface area contributed by atoms with Gasteiger partial charge in [0.2, 0.25) is 0 Å². The Hall–Kier alpha value is -0.550. The summed E-state index contributed by atoms with van der Waals surface area (Å²) in [5, 5.41) is 0.523. The Balaban J connectivity index is 0.00000361. The van der Waals surface area contributed by atoms with Gasteiger partial charge in [0.15, 0.2) is 0 Å². The molecule has 0 bridgehead atoms. The molecule has 0 aliphatic rings. The molecular weight excluding hydrogens is 323 g/mol. The first-order valence-electron chi connectivity index (χ1n) is 5.91. The highest BCUT2D eigenvalue weighted by Gasteiger charge is 2.22. The molecule has 0 saturated carbocycles. The Morgan fingerprint density at radius 1 is 1.35 bits per heavy atom. The first-order valence-corrected chi connectivity index (χ1v) is 6.67. The molecule has 0 aliphatic heterocycles. The minimum Gasteiger partial charge on any atom is -0.460 e. The van der Waals surface area contributed by atoms with E-state index in [9.17, 15) is 4.79 Å². The van der Waals surface area contributed by atoms with Crippen molar-refractivity contribution in [2.24, 2.45) is 11.1 Å².